The van der Waals surface area contributed by atoms with E-state index in [1.165, 1.54) is 0 Å². The first-order valence-corrected chi connectivity index (χ1v) is 11.1. The molecule has 1 aromatic heterocycles. The van der Waals surface area contributed by atoms with Crippen molar-refractivity contribution in [2.24, 2.45) is 7.05 Å². The number of aliphatic carboxylic acids is 1. The van der Waals surface area contributed by atoms with Gasteiger partial charge in [0.15, 0.2) is 0 Å². The van der Waals surface area contributed by atoms with Crippen LogP contribution in [-0.4, -0.2) is 20.6 Å². The van der Waals surface area contributed by atoms with E-state index in [0.717, 1.165) is 27.7 Å². The predicted octanol–water partition coefficient (Wildman–Crippen LogP) is 4.81. The van der Waals surface area contributed by atoms with Gasteiger partial charge in [-0.25, -0.2) is 4.79 Å². The van der Waals surface area contributed by atoms with E-state index >= 15 is 0 Å². The van der Waals surface area contributed by atoms with Crippen LogP contribution in [0.2, 0.25) is 0 Å². The van der Waals surface area contributed by atoms with E-state index in [0.29, 0.717) is 12.2 Å². The maximum Gasteiger partial charge on any atom is 0.326 e. The number of aromatic nitrogens is 2. The SMILES string of the molecule is CC#CC(CC(=O)O)c1ccc(OC(Cc2ccccc2)c2ccc3[nH]c(=O)n(C)c3c2)cc1. The number of H-pyrrole nitrogens is 1. The van der Waals surface area contributed by atoms with Crippen LogP contribution < -0.4 is 10.4 Å². The van der Waals surface area contributed by atoms with Gasteiger partial charge in [0.2, 0.25) is 0 Å². The lowest BCUT2D eigenvalue weighted by Gasteiger charge is -2.21. The highest BCUT2D eigenvalue weighted by atomic mass is 16.5. The van der Waals surface area contributed by atoms with E-state index < -0.39 is 5.97 Å². The Morgan fingerprint density at radius 1 is 1.06 bits per heavy atom. The Morgan fingerprint density at radius 3 is 2.44 bits per heavy atom. The molecule has 0 aliphatic carbocycles. The zero-order valence-electron chi connectivity index (χ0n) is 19.1. The van der Waals surface area contributed by atoms with E-state index in [1.807, 2.05) is 60.7 Å². The Balaban J connectivity index is 1.64. The zero-order valence-corrected chi connectivity index (χ0v) is 19.1. The molecule has 0 fully saturated rings. The summed E-state index contributed by atoms with van der Waals surface area (Å²) in [7, 11) is 1.74. The fraction of sp³-hybridized carbons (Fsp3) is 0.214. The van der Waals surface area contributed by atoms with Gasteiger partial charge < -0.3 is 14.8 Å². The molecule has 34 heavy (non-hydrogen) atoms. The topological polar surface area (TPSA) is 84.3 Å². The van der Waals surface area contributed by atoms with Crippen LogP contribution in [0.15, 0.2) is 77.6 Å². The van der Waals surface area contributed by atoms with Crippen LogP contribution in [0, 0.1) is 11.8 Å². The molecule has 0 bridgehead atoms. The van der Waals surface area contributed by atoms with Crippen LogP contribution in [-0.2, 0) is 18.3 Å². The van der Waals surface area contributed by atoms with E-state index in [-0.39, 0.29) is 24.1 Å². The minimum Gasteiger partial charge on any atom is -0.485 e. The maximum absolute atomic E-state index is 12.0. The number of carbonyl (C=O) groups is 1. The molecular formula is C28H26N2O4. The second kappa shape index (κ2) is 10.1. The Morgan fingerprint density at radius 2 is 1.76 bits per heavy atom. The van der Waals surface area contributed by atoms with Crippen molar-refractivity contribution >= 4 is 17.0 Å². The molecular weight excluding hydrogens is 428 g/mol. The molecule has 0 spiro atoms. The summed E-state index contributed by atoms with van der Waals surface area (Å²) >= 11 is 0. The first-order chi connectivity index (χ1) is 16.4. The third-order valence-electron chi connectivity index (χ3n) is 5.82. The van der Waals surface area contributed by atoms with Crippen molar-refractivity contribution < 1.29 is 14.6 Å². The van der Waals surface area contributed by atoms with Gasteiger partial charge in [-0.05, 0) is 47.9 Å². The molecule has 0 amide bonds. The van der Waals surface area contributed by atoms with Gasteiger partial charge in [-0.1, -0.05) is 54.5 Å². The van der Waals surface area contributed by atoms with Crippen LogP contribution in [0.1, 0.15) is 42.1 Å². The highest BCUT2D eigenvalue weighted by Gasteiger charge is 2.18. The summed E-state index contributed by atoms with van der Waals surface area (Å²) in [4.78, 5) is 26.1. The average Bonchev–Trinajstić information content (AvgIpc) is 3.12. The fourth-order valence-corrected chi connectivity index (χ4v) is 4.04. The Labute approximate surface area is 197 Å². The number of aryl methyl sites for hydroxylation is 1. The molecule has 2 unspecified atom stereocenters. The van der Waals surface area contributed by atoms with Crippen LogP contribution >= 0.6 is 0 Å². The first-order valence-electron chi connectivity index (χ1n) is 11.1. The van der Waals surface area contributed by atoms with Crippen molar-refractivity contribution in [2.45, 2.75) is 31.8 Å². The average molecular weight is 455 g/mol. The molecule has 0 saturated carbocycles. The smallest absolute Gasteiger partial charge is 0.326 e. The number of carboxylic acid groups (broad SMARTS) is 1. The Bertz CT molecular complexity index is 1410. The normalized spacial score (nSPS) is 12.5. The van der Waals surface area contributed by atoms with Gasteiger partial charge in [-0.2, -0.15) is 0 Å². The summed E-state index contributed by atoms with van der Waals surface area (Å²) in [5.41, 5.74) is 4.36. The Kier molecular flexibility index (Phi) is 6.84. The molecule has 1 heterocycles. The monoisotopic (exact) mass is 454 g/mol. The number of hydrogen-bond donors (Lipinski definition) is 2. The van der Waals surface area contributed by atoms with Gasteiger partial charge >= 0.3 is 11.7 Å². The summed E-state index contributed by atoms with van der Waals surface area (Å²) in [5, 5.41) is 9.19. The van der Waals surface area contributed by atoms with Crippen molar-refractivity contribution in [3.8, 4) is 17.6 Å². The van der Waals surface area contributed by atoms with Crippen molar-refractivity contribution in [3.63, 3.8) is 0 Å². The number of fused-ring (bicyclic) bond motifs is 1. The number of aromatic amines is 1. The largest absolute Gasteiger partial charge is 0.485 e. The lowest BCUT2D eigenvalue weighted by molar-refractivity contribution is -0.137. The number of imidazole rings is 1. The van der Waals surface area contributed by atoms with E-state index in [2.05, 4.69) is 29.0 Å². The fourth-order valence-electron chi connectivity index (χ4n) is 4.04. The summed E-state index contributed by atoms with van der Waals surface area (Å²) in [6.45, 7) is 1.71. The third-order valence-corrected chi connectivity index (χ3v) is 5.82. The van der Waals surface area contributed by atoms with Gasteiger partial charge in [0, 0.05) is 13.5 Å². The summed E-state index contributed by atoms with van der Waals surface area (Å²) < 4.78 is 8.01. The second-order valence-electron chi connectivity index (χ2n) is 8.18. The highest BCUT2D eigenvalue weighted by molar-refractivity contribution is 5.76. The van der Waals surface area contributed by atoms with Crippen molar-refractivity contribution in [1.29, 1.82) is 0 Å². The van der Waals surface area contributed by atoms with E-state index in [1.54, 1.807) is 18.5 Å². The minimum atomic E-state index is -0.884. The second-order valence-corrected chi connectivity index (χ2v) is 8.18. The molecule has 2 atom stereocenters. The molecule has 4 aromatic rings. The van der Waals surface area contributed by atoms with Crippen molar-refractivity contribution in [1.82, 2.24) is 9.55 Å². The lowest BCUT2D eigenvalue weighted by atomic mass is 9.96. The number of benzene rings is 3. The highest BCUT2D eigenvalue weighted by Crippen LogP contribution is 2.29. The number of nitrogens with one attached hydrogen (secondary N) is 1. The number of ether oxygens (including phenoxy) is 1. The van der Waals surface area contributed by atoms with Crippen molar-refractivity contribution in [2.75, 3.05) is 0 Å². The quantitative estimate of drug-likeness (QED) is 0.374. The van der Waals surface area contributed by atoms with E-state index in [9.17, 15) is 14.7 Å². The molecule has 6 heteroatoms. The van der Waals surface area contributed by atoms with Crippen LogP contribution in [0.5, 0.6) is 5.75 Å². The van der Waals surface area contributed by atoms with E-state index in [4.69, 9.17) is 4.74 Å². The maximum atomic E-state index is 12.0. The Hall–Kier alpha value is -4.24. The van der Waals surface area contributed by atoms with Crippen LogP contribution in [0.4, 0.5) is 0 Å². The minimum absolute atomic E-state index is 0.0485. The zero-order chi connectivity index (χ0) is 24.1. The van der Waals surface area contributed by atoms with Crippen molar-refractivity contribution in [3.05, 3.63) is 100.0 Å². The molecule has 0 saturated heterocycles. The predicted molar refractivity (Wildman–Crippen MR) is 132 cm³/mol. The number of nitrogens with zero attached hydrogens (tertiary/aromatic N) is 1. The molecule has 0 radical (unpaired) electrons. The molecule has 2 N–H and O–H groups in total. The van der Waals surface area contributed by atoms with Gasteiger partial charge in [-0.15, -0.1) is 5.92 Å². The summed E-state index contributed by atoms with van der Waals surface area (Å²) in [5.74, 6) is 5.21. The summed E-state index contributed by atoms with van der Waals surface area (Å²) in [6.07, 6.45) is 0.315. The molecule has 4 rings (SSSR count). The third kappa shape index (κ3) is 5.21. The molecule has 6 nitrogen and oxygen atoms in total. The molecule has 0 aliphatic rings. The van der Waals surface area contributed by atoms with Crippen LogP contribution in [0.3, 0.4) is 0 Å². The summed E-state index contributed by atoms with van der Waals surface area (Å²) in [6, 6.07) is 23.4. The van der Waals surface area contributed by atoms with Crippen LogP contribution in [0.25, 0.3) is 11.0 Å². The van der Waals surface area contributed by atoms with Gasteiger partial charge in [0.25, 0.3) is 0 Å². The molecule has 0 aliphatic heterocycles. The first kappa shape index (κ1) is 22.9. The molecule has 3 aromatic carbocycles. The lowest BCUT2D eigenvalue weighted by Crippen LogP contribution is -2.13. The number of rotatable bonds is 8. The van der Waals surface area contributed by atoms with Gasteiger partial charge in [0.05, 0.1) is 23.4 Å². The number of hydrogen-bond acceptors (Lipinski definition) is 3. The standard InChI is InChI=1S/C28H26N2O4/c1-3-7-21(18-27(31)32)20-10-13-23(14-11-20)34-26(16-19-8-5-4-6-9-19)22-12-15-24-25(17-22)30(2)28(33)29-24/h4-6,8-15,17,21,26H,16,18H2,1-2H3,(H,29,33)(H,31,32). The number of carboxylic acids is 1. The van der Waals surface area contributed by atoms with Gasteiger partial charge in [0.1, 0.15) is 11.9 Å². The van der Waals surface area contributed by atoms with Gasteiger partial charge in [-0.3, -0.25) is 9.36 Å². The molecule has 172 valence electrons.